The molecule has 0 aromatic carbocycles. The average Bonchev–Trinajstić information content (AvgIpc) is 2.71. The molecule has 1 heteroatoms. The van der Waals surface area contributed by atoms with Crippen molar-refractivity contribution in [3.8, 4) is 0 Å². The first-order chi connectivity index (χ1) is 15.1. The number of hydrogen-bond acceptors (Lipinski definition) is 1. The van der Waals surface area contributed by atoms with E-state index in [1.54, 1.807) is 0 Å². The quantitative estimate of drug-likeness (QED) is 0.176. The van der Waals surface area contributed by atoms with E-state index in [0.29, 0.717) is 0 Å². The second kappa shape index (κ2) is 18.9. The van der Waals surface area contributed by atoms with Crippen molar-refractivity contribution in [1.82, 2.24) is 0 Å². The minimum atomic E-state index is 0.177. The van der Waals surface area contributed by atoms with Crippen molar-refractivity contribution in [1.29, 1.82) is 0 Å². The second-order valence-corrected chi connectivity index (χ2v) is 10.00. The number of hydrogen-bond donors (Lipinski definition) is 1. The molecule has 0 aliphatic rings. The van der Waals surface area contributed by atoms with Gasteiger partial charge in [0.25, 0.3) is 0 Å². The molecular weight excluding hydrogens is 388 g/mol. The maximum Gasteiger partial charge on any atom is 0.0499 e. The van der Waals surface area contributed by atoms with Crippen molar-refractivity contribution in [2.75, 3.05) is 6.61 Å². The fourth-order valence-electron chi connectivity index (χ4n) is 3.63. The van der Waals surface area contributed by atoms with Gasteiger partial charge in [-0.1, -0.05) is 70.4 Å². The van der Waals surface area contributed by atoms with Crippen molar-refractivity contribution in [2.45, 2.75) is 113 Å². The summed E-state index contributed by atoms with van der Waals surface area (Å²) in [7, 11) is 0. The van der Waals surface area contributed by atoms with Gasteiger partial charge in [-0.05, 0) is 113 Å². The maximum atomic E-state index is 9.85. The van der Waals surface area contributed by atoms with Crippen LogP contribution in [0, 0.1) is 5.92 Å². The zero-order chi connectivity index (χ0) is 24.4. The smallest absolute Gasteiger partial charge is 0.0499 e. The van der Waals surface area contributed by atoms with Gasteiger partial charge in [0.2, 0.25) is 0 Å². The molecule has 0 rings (SSSR count). The summed E-state index contributed by atoms with van der Waals surface area (Å²) in [6.07, 6.45) is 22.7. The lowest BCUT2D eigenvalue weighted by Gasteiger charge is -2.15. The molecule has 0 heterocycles. The minimum absolute atomic E-state index is 0.177. The van der Waals surface area contributed by atoms with E-state index in [1.165, 1.54) is 52.7 Å². The number of aliphatic hydroxyl groups excluding tert-OH is 1. The van der Waals surface area contributed by atoms with Gasteiger partial charge in [0.1, 0.15) is 0 Å². The monoisotopic (exact) mass is 440 g/mol. The van der Waals surface area contributed by atoms with E-state index in [-0.39, 0.29) is 12.5 Å². The first kappa shape index (κ1) is 30.4. The van der Waals surface area contributed by atoms with Crippen molar-refractivity contribution < 1.29 is 5.11 Å². The molecule has 1 unspecified atom stereocenters. The number of aliphatic hydroxyl groups is 1. The Morgan fingerprint density at radius 1 is 0.625 bits per heavy atom. The molecule has 0 aromatic heterocycles. The van der Waals surface area contributed by atoms with Crippen LogP contribution in [-0.4, -0.2) is 11.7 Å². The Labute approximate surface area is 200 Å². The number of rotatable bonds is 17. The van der Waals surface area contributed by atoms with Crippen LogP contribution in [0.25, 0.3) is 0 Å². The lowest BCUT2D eigenvalue weighted by atomic mass is 9.92. The van der Waals surface area contributed by atoms with Crippen LogP contribution in [0.2, 0.25) is 0 Å². The van der Waals surface area contributed by atoms with Gasteiger partial charge in [0.15, 0.2) is 0 Å². The van der Waals surface area contributed by atoms with Crippen LogP contribution in [-0.2, 0) is 0 Å². The third-order valence-electron chi connectivity index (χ3n) is 5.96. The molecule has 0 saturated heterocycles. The highest BCUT2D eigenvalue weighted by atomic mass is 16.3. The van der Waals surface area contributed by atoms with E-state index in [9.17, 15) is 5.11 Å². The molecule has 0 radical (unpaired) electrons. The second-order valence-electron chi connectivity index (χ2n) is 10.00. The summed E-state index contributed by atoms with van der Waals surface area (Å²) in [5.41, 5.74) is 8.36. The molecule has 0 aliphatic heterocycles. The molecule has 1 N–H and O–H groups in total. The Hall–Kier alpha value is -1.60. The van der Waals surface area contributed by atoms with Crippen molar-refractivity contribution >= 4 is 0 Å². The van der Waals surface area contributed by atoms with E-state index in [1.807, 2.05) is 0 Å². The molecule has 1 atom stereocenters. The van der Waals surface area contributed by atoms with E-state index >= 15 is 0 Å². The molecule has 0 saturated carbocycles. The van der Waals surface area contributed by atoms with Crippen molar-refractivity contribution in [2.24, 2.45) is 5.92 Å². The predicted molar refractivity (Wildman–Crippen MR) is 146 cm³/mol. The average molecular weight is 441 g/mol. The van der Waals surface area contributed by atoms with E-state index in [4.69, 9.17) is 0 Å². The highest BCUT2D eigenvalue weighted by Crippen LogP contribution is 2.21. The van der Waals surface area contributed by atoms with Crippen LogP contribution in [0.15, 0.2) is 70.4 Å². The molecule has 0 amide bonds. The molecule has 182 valence electrons. The van der Waals surface area contributed by atoms with Crippen LogP contribution in [0.4, 0.5) is 0 Å². The molecule has 1 nitrogen and oxygen atoms in total. The zero-order valence-electron chi connectivity index (χ0n) is 22.4. The van der Waals surface area contributed by atoms with Gasteiger partial charge >= 0.3 is 0 Å². The molecule has 0 aliphatic carbocycles. The van der Waals surface area contributed by atoms with Crippen LogP contribution in [0.3, 0.4) is 0 Å². The lowest BCUT2D eigenvalue weighted by Crippen LogP contribution is -2.08. The predicted octanol–water partition coefficient (Wildman–Crippen LogP) is 9.82. The summed E-state index contributed by atoms with van der Waals surface area (Å²) in [6.45, 7) is 19.8. The van der Waals surface area contributed by atoms with Crippen molar-refractivity contribution in [3.05, 3.63) is 70.4 Å². The van der Waals surface area contributed by atoms with Crippen LogP contribution in [0.1, 0.15) is 113 Å². The zero-order valence-corrected chi connectivity index (χ0v) is 22.4. The first-order valence-corrected chi connectivity index (χ1v) is 12.7. The standard InChI is InChI=1S/C31H52O/c1-25(2)14-9-10-16-27(5)18-12-19-29(7)22-23-31(24-32)30(8)21-13-20-28(6)17-11-15-26(3)4/h14-15,18,20,22,31-32H,8-13,16-17,19,21,23-24H2,1-7H3. The van der Waals surface area contributed by atoms with Crippen molar-refractivity contribution in [3.63, 3.8) is 0 Å². The SMILES string of the molecule is C=C(CCC=C(C)CCC=C(C)C)C(CO)CC=C(C)CCC=C(C)CCCC=C(C)C. The Balaban J connectivity index is 4.32. The molecule has 0 spiro atoms. The van der Waals surface area contributed by atoms with E-state index in [0.717, 1.165) is 44.9 Å². The topological polar surface area (TPSA) is 20.2 Å². The summed E-state index contributed by atoms with van der Waals surface area (Å²) in [4.78, 5) is 0. The van der Waals surface area contributed by atoms with Crippen LogP contribution >= 0.6 is 0 Å². The lowest BCUT2D eigenvalue weighted by molar-refractivity contribution is 0.245. The summed E-state index contributed by atoms with van der Waals surface area (Å²) in [5, 5.41) is 9.85. The van der Waals surface area contributed by atoms with E-state index < -0.39 is 0 Å². The third kappa shape index (κ3) is 18.0. The third-order valence-corrected chi connectivity index (χ3v) is 5.96. The molecule has 32 heavy (non-hydrogen) atoms. The highest BCUT2D eigenvalue weighted by molar-refractivity contribution is 5.10. The van der Waals surface area contributed by atoms with Gasteiger partial charge in [-0.15, -0.1) is 0 Å². The minimum Gasteiger partial charge on any atom is -0.396 e. The summed E-state index contributed by atoms with van der Waals surface area (Å²) < 4.78 is 0. The van der Waals surface area contributed by atoms with Gasteiger partial charge in [0, 0.05) is 12.5 Å². The normalized spacial score (nSPS) is 13.7. The molecule has 0 aromatic rings. The van der Waals surface area contributed by atoms with Crippen LogP contribution in [0.5, 0.6) is 0 Å². The largest absolute Gasteiger partial charge is 0.396 e. The maximum absolute atomic E-state index is 9.85. The van der Waals surface area contributed by atoms with Gasteiger partial charge in [-0.2, -0.15) is 0 Å². The summed E-state index contributed by atoms with van der Waals surface area (Å²) in [6, 6.07) is 0. The molecule has 0 fully saturated rings. The summed E-state index contributed by atoms with van der Waals surface area (Å²) in [5.74, 6) is 0.177. The van der Waals surface area contributed by atoms with E-state index in [2.05, 4.69) is 85.4 Å². The Morgan fingerprint density at radius 3 is 1.66 bits per heavy atom. The fraction of sp³-hybridized carbons (Fsp3) is 0.613. The number of unbranched alkanes of at least 4 members (excludes halogenated alkanes) is 1. The Morgan fingerprint density at radius 2 is 1.09 bits per heavy atom. The van der Waals surface area contributed by atoms with Gasteiger partial charge in [-0.25, -0.2) is 0 Å². The van der Waals surface area contributed by atoms with Gasteiger partial charge < -0.3 is 5.11 Å². The Kier molecular flexibility index (Phi) is 18.0. The fourth-order valence-corrected chi connectivity index (χ4v) is 3.63. The Bertz CT molecular complexity index is 673. The van der Waals surface area contributed by atoms with Gasteiger partial charge in [0.05, 0.1) is 0 Å². The van der Waals surface area contributed by atoms with Crippen LogP contribution < -0.4 is 0 Å². The van der Waals surface area contributed by atoms with Gasteiger partial charge in [-0.3, -0.25) is 0 Å². The first-order valence-electron chi connectivity index (χ1n) is 12.7. The molecule has 0 bridgehead atoms. The number of allylic oxidation sites excluding steroid dienone is 10. The molecular formula is C31H52O. The highest BCUT2D eigenvalue weighted by Gasteiger charge is 2.10. The summed E-state index contributed by atoms with van der Waals surface area (Å²) >= 11 is 0.